The largest absolute Gasteiger partial charge is 0.353 e. The Kier molecular flexibility index (Phi) is 10.4. The first-order valence-electron chi connectivity index (χ1n) is 12.3. The minimum absolute atomic E-state index is 0.0384. The van der Waals surface area contributed by atoms with E-state index in [1.54, 1.807) is 0 Å². The van der Waals surface area contributed by atoms with Crippen LogP contribution in [0.4, 0.5) is 0 Å². The molecule has 2 aliphatic heterocycles. The number of aldehydes is 1. The van der Waals surface area contributed by atoms with E-state index in [4.69, 9.17) is 18.9 Å². The van der Waals surface area contributed by atoms with Crippen LogP contribution in [0.5, 0.6) is 0 Å². The molecular weight excluding hydrogens is 368 g/mol. The second kappa shape index (κ2) is 13.0. The van der Waals surface area contributed by atoms with Crippen LogP contribution in [0, 0.1) is 11.8 Å². The first-order valence-corrected chi connectivity index (χ1v) is 12.3. The van der Waals surface area contributed by atoms with E-state index in [2.05, 4.69) is 6.92 Å². The van der Waals surface area contributed by atoms with E-state index >= 15 is 0 Å². The zero-order chi connectivity index (χ0) is 20.3. The maximum absolute atomic E-state index is 11.7. The summed E-state index contributed by atoms with van der Waals surface area (Å²) in [4.78, 5) is 11.7. The summed E-state index contributed by atoms with van der Waals surface area (Å²) >= 11 is 0. The van der Waals surface area contributed by atoms with Crippen LogP contribution < -0.4 is 0 Å². The molecule has 0 amide bonds. The summed E-state index contributed by atoms with van der Waals surface area (Å²) in [6.45, 7) is 3.86. The molecule has 6 atom stereocenters. The van der Waals surface area contributed by atoms with E-state index in [-0.39, 0.29) is 30.7 Å². The molecular formula is C24H42O5. The highest BCUT2D eigenvalue weighted by atomic mass is 16.7. The predicted molar refractivity (Wildman–Crippen MR) is 113 cm³/mol. The predicted octanol–water partition coefficient (Wildman–Crippen LogP) is 5.40. The number of hydrogen-bond donors (Lipinski definition) is 0. The van der Waals surface area contributed by atoms with Gasteiger partial charge in [-0.05, 0) is 76.5 Å². The van der Waals surface area contributed by atoms with Crippen LogP contribution in [0.2, 0.25) is 0 Å². The average Bonchev–Trinajstić information content (AvgIpc) is 3.15. The molecule has 5 heteroatoms. The van der Waals surface area contributed by atoms with E-state index in [1.165, 1.54) is 32.1 Å². The van der Waals surface area contributed by atoms with Crippen molar-refractivity contribution in [3.05, 3.63) is 0 Å². The monoisotopic (exact) mass is 410 g/mol. The second-order valence-electron chi connectivity index (χ2n) is 9.14. The lowest BCUT2D eigenvalue weighted by atomic mass is 9.89. The lowest BCUT2D eigenvalue weighted by molar-refractivity contribution is -0.200. The van der Waals surface area contributed by atoms with Gasteiger partial charge in [0.25, 0.3) is 0 Å². The Bertz CT molecular complexity index is 445. The Morgan fingerprint density at radius 1 is 0.931 bits per heavy atom. The Hall–Kier alpha value is -0.490. The van der Waals surface area contributed by atoms with Crippen molar-refractivity contribution in [3.8, 4) is 0 Å². The van der Waals surface area contributed by atoms with E-state index in [9.17, 15) is 4.79 Å². The van der Waals surface area contributed by atoms with Gasteiger partial charge in [-0.15, -0.1) is 0 Å². The van der Waals surface area contributed by atoms with Crippen molar-refractivity contribution in [1.82, 2.24) is 0 Å². The van der Waals surface area contributed by atoms with Crippen LogP contribution in [0.3, 0.4) is 0 Å². The topological polar surface area (TPSA) is 54.0 Å². The van der Waals surface area contributed by atoms with Crippen molar-refractivity contribution in [2.24, 2.45) is 11.8 Å². The summed E-state index contributed by atoms with van der Waals surface area (Å²) in [5, 5.41) is 0. The summed E-state index contributed by atoms with van der Waals surface area (Å²) in [6.07, 6.45) is 16.7. The molecule has 2 saturated heterocycles. The summed E-state index contributed by atoms with van der Waals surface area (Å²) in [6, 6.07) is 0. The van der Waals surface area contributed by atoms with Crippen molar-refractivity contribution < 1.29 is 23.7 Å². The van der Waals surface area contributed by atoms with Gasteiger partial charge in [-0.2, -0.15) is 0 Å². The average molecular weight is 411 g/mol. The molecule has 1 saturated carbocycles. The van der Waals surface area contributed by atoms with Crippen LogP contribution in [-0.4, -0.2) is 44.3 Å². The minimum atomic E-state index is -0.0751. The Morgan fingerprint density at radius 3 is 2.34 bits per heavy atom. The van der Waals surface area contributed by atoms with E-state index < -0.39 is 0 Å². The second-order valence-corrected chi connectivity index (χ2v) is 9.14. The number of rotatable bonds is 12. The van der Waals surface area contributed by atoms with Crippen molar-refractivity contribution in [3.63, 3.8) is 0 Å². The fourth-order valence-electron chi connectivity index (χ4n) is 5.13. The lowest BCUT2D eigenvalue weighted by Crippen LogP contribution is -2.33. The van der Waals surface area contributed by atoms with Gasteiger partial charge in [-0.1, -0.05) is 26.2 Å². The first-order chi connectivity index (χ1) is 14.3. The molecule has 29 heavy (non-hydrogen) atoms. The Morgan fingerprint density at radius 2 is 1.69 bits per heavy atom. The van der Waals surface area contributed by atoms with Gasteiger partial charge >= 0.3 is 0 Å². The third-order valence-corrected chi connectivity index (χ3v) is 6.89. The van der Waals surface area contributed by atoms with Gasteiger partial charge in [0, 0.05) is 19.1 Å². The molecule has 5 nitrogen and oxygen atoms in total. The summed E-state index contributed by atoms with van der Waals surface area (Å²) < 4.78 is 24.3. The number of hydrogen-bond acceptors (Lipinski definition) is 5. The van der Waals surface area contributed by atoms with Gasteiger partial charge in [0.15, 0.2) is 12.6 Å². The van der Waals surface area contributed by atoms with Gasteiger partial charge in [0.2, 0.25) is 0 Å². The normalized spacial score (nSPS) is 34.2. The van der Waals surface area contributed by atoms with Crippen LogP contribution in [0.15, 0.2) is 0 Å². The quantitative estimate of drug-likeness (QED) is 0.319. The molecule has 1 aliphatic carbocycles. The molecule has 0 aromatic heterocycles. The smallest absolute Gasteiger partial charge is 0.157 e. The summed E-state index contributed by atoms with van der Waals surface area (Å²) in [5.41, 5.74) is 0. The summed E-state index contributed by atoms with van der Waals surface area (Å²) in [7, 11) is 0. The molecule has 0 bridgehead atoms. The fraction of sp³-hybridized carbons (Fsp3) is 0.958. The van der Waals surface area contributed by atoms with Gasteiger partial charge in [-0.25, -0.2) is 0 Å². The van der Waals surface area contributed by atoms with Gasteiger partial charge in [0.1, 0.15) is 6.29 Å². The van der Waals surface area contributed by atoms with Crippen LogP contribution >= 0.6 is 0 Å². The van der Waals surface area contributed by atoms with Gasteiger partial charge < -0.3 is 23.7 Å². The maximum Gasteiger partial charge on any atom is 0.157 e. The zero-order valence-electron chi connectivity index (χ0n) is 18.4. The van der Waals surface area contributed by atoms with E-state index in [1.807, 2.05) is 0 Å². The van der Waals surface area contributed by atoms with Crippen molar-refractivity contribution >= 4 is 6.29 Å². The number of ether oxygens (including phenoxy) is 4. The molecule has 0 N–H and O–H groups in total. The highest BCUT2D eigenvalue weighted by molar-refractivity contribution is 5.54. The van der Waals surface area contributed by atoms with Crippen LogP contribution in [0.25, 0.3) is 0 Å². The van der Waals surface area contributed by atoms with E-state index in [0.29, 0.717) is 5.92 Å². The minimum Gasteiger partial charge on any atom is -0.353 e. The lowest BCUT2D eigenvalue weighted by Gasteiger charge is -2.31. The standard InChI is InChI=1S/C24H42O5/c1-2-3-4-9-20(28-23-10-5-7-16-26-23)13-14-21-19(18-25)12-15-22(21)29-24-11-6-8-17-27-24/h18-24H,2-17H2,1H3. The van der Waals surface area contributed by atoms with E-state index in [0.717, 1.165) is 77.3 Å². The van der Waals surface area contributed by atoms with Crippen molar-refractivity contribution in [2.45, 2.75) is 122 Å². The third kappa shape index (κ3) is 7.61. The summed E-state index contributed by atoms with van der Waals surface area (Å²) in [5.74, 6) is 0.411. The molecule has 3 aliphatic rings. The molecule has 0 aromatic rings. The highest BCUT2D eigenvalue weighted by Gasteiger charge is 2.38. The maximum atomic E-state index is 11.7. The molecule has 0 aromatic carbocycles. The molecule has 168 valence electrons. The van der Waals surface area contributed by atoms with Crippen molar-refractivity contribution in [2.75, 3.05) is 13.2 Å². The Balaban J connectivity index is 1.52. The van der Waals surface area contributed by atoms with Crippen LogP contribution in [0.1, 0.15) is 96.8 Å². The fourth-order valence-corrected chi connectivity index (χ4v) is 5.13. The molecule has 2 heterocycles. The number of carbonyl (C=O) groups is 1. The third-order valence-electron chi connectivity index (χ3n) is 6.89. The molecule has 3 rings (SSSR count). The molecule has 0 radical (unpaired) electrons. The molecule has 0 spiro atoms. The van der Waals surface area contributed by atoms with Crippen molar-refractivity contribution in [1.29, 1.82) is 0 Å². The highest BCUT2D eigenvalue weighted by Crippen LogP contribution is 2.38. The zero-order valence-corrected chi connectivity index (χ0v) is 18.4. The molecule has 6 unspecified atom stereocenters. The van der Waals surface area contributed by atoms with Gasteiger partial charge in [-0.3, -0.25) is 0 Å². The Labute approximate surface area is 177 Å². The van der Waals surface area contributed by atoms with Gasteiger partial charge in [0.05, 0.1) is 12.2 Å². The SMILES string of the molecule is CCCCCC(CCC1C(C=O)CCC1OC1CCCCO1)OC1CCCCO1. The molecule has 3 fully saturated rings. The number of unbranched alkanes of at least 4 members (excludes halogenated alkanes) is 2. The first kappa shape index (κ1) is 23.2. The number of carbonyl (C=O) groups excluding carboxylic acids is 1. The van der Waals surface area contributed by atoms with Crippen LogP contribution in [-0.2, 0) is 23.7 Å².